The molecule has 160 valence electrons. The molecule has 0 N–H and O–H groups in total. The van der Waals surface area contributed by atoms with Crippen molar-refractivity contribution in [3.8, 4) is 0 Å². The number of carbonyl (C=O) groups excluding carboxylic acids is 1. The van der Waals surface area contributed by atoms with Gasteiger partial charge in [-0.2, -0.15) is 0 Å². The Bertz CT molecular complexity index is 731. The molecule has 0 aliphatic carbocycles. The van der Waals surface area contributed by atoms with Crippen LogP contribution < -0.4 is 9.80 Å². The predicted molar refractivity (Wildman–Crippen MR) is 108 cm³/mol. The zero-order chi connectivity index (χ0) is 21.0. The summed E-state index contributed by atoms with van der Waals surface area (Å²) in [7, 11) is 3.95. The lowest BCUT2D eigenvalue weighted by atomic mass is 10.0. The van der Waals surface area contributed by atoms with E-state index in [9.17, 15) is 14.9 Å². The molecule has 29 heavy (non-hydrogen) atoms. The fraction of sp³-hybridized carbons (Fsp3) is 0.722. The Kier molecular flexibility index (Phi) is 6.68. The summed E-state index contributed by atoms with van der Waals surface area (Å²) in [6.45, 7) is 5.76. The smallest absolute Gasteiger partial charge is 0.409 e. The first kappa shape index (κ1) is 21.0. The first-order valence-corrected chi connectivity index (χ1v) is 9.99. The van der Waals surface area contributed by atoms with Gasteiger partial charge >= 0.3 is 11.8 Å². The second kappa shape index (κ2) is 9.21. The number of amides is 1. The van der Waals surface area contributed by atoms with Crippen molar-refractivity contribution in [1.29, 1.82) is 0 Å². The van der Waals surface area contributed by atoms with Gasteiger partial charge in [0.15, 0.2) is 0 Å². The number of likely N-dealkylation sites (tertiary alicyclic amines) is 1. The summed E-state index contributed by atoms with van der Waals surface area (Å²) in [5.74, 6) is 0.658. The van der Waals surface area contributed by atoms with E-state index in [2.05, 4.69) is 21.9 Å². The molecule has 0 atom stereocenters. The average molecular weight is 407 g/mol. The van der Waals surface area contributed by atoms with Crippen LogP contribution in [0.25, 0.3) is 0 Å². The van der Waals surface area contributed by atoms with E-state index < -0.39 is 4.92 Å². The monoisotopic (exact) mass is 407 g/mol. The molecular formula is C18H29N7O4. The largest absolute Gasteiger partial charge is 0.450 e. The molecule has 3 heterocycles. The van der Waals surface area contributed by atoms with Gasteiger partial charge in [0.25, 0.3) is 0 Å². The maximum Gasteiger partial charge on any atom is 0.409 e. The third-order valence-electron chi connectivity index (χ3n) is 5.64. The van der Waals surface area contributed by atoms with Gasteiger partial charge in [-0.05, 0) is 39.9 Å². The molecule has 3 rings (SSSR count). The number of aromatic nitrogens is 2. The number of hydrogen-bond donors (Lipinski definition) is 0. The zero-order valence-electron chi connectivity index (χ0n) is 17.3. The van der Waals surface area contributed by atoms with E-state index in [0.29, 0.717) is 44.4 Å². The summed E-state index contributed by atoms with van der Waals surface area (Å²) in [6, 6.07) is 0.202. The summed E-state index contributed by atoms with van der Waals surface area (Å²) in [6.07, 6.45) is 2.90. The van der Waals surface area contributed by atoms with Crippen LogP contribution in [0.5, 0.6) is 0 Å². The van der Waals surface area contributed by atoms with Crippen molar-refractivity contribution in [2.24, 2.45) is 0 Å². The van der Waals surface area contributed by atoms with E-state index in [1.165, 1.54) is 6.33 Å². The Morgan fingerprint density at radius 3 is 2.48 bits per heavy atom. The predicted octanol–water partition coefficient (Wildman–Crippen LogP) is 1.19. The van der Waals surface area contributed by atoms with Crippen molar-refractivity contribution in [1.82, 2.24) is 19.8 Å². The van der Waals surface area contributed by atoms with Gasteiger partial charge in [0.1, 0.15) is 6.33 Å². The van der Waals surface area contributed by atoms with Crippen molar-refractivity contribution >= 4 is 23.4 Å². The number of piperidine rings is 1. The molecule has 11 heteroatoms. The van der Waals surface area contributed by atoms with E-state index in [-0.39, 0.29) is 17.8 Å². The molecule has 0 spiro atoms. The lowest BCUT2D eigenvalue weighted by molar-refractivity contribution is -0.383. The van der Waals surface area contributed by atoms with Gasteiger partial charge in [-0.25, -0.2) is 14.8 Å². The SMILES string of the molecule is CCOC(=O)N1CCN(c2ncnc(N(C)C3CCN(C)CC3)c2[N+](=O)[O-])CC1. The molecule has 0 aromatic carbocycles. The molecule has 2 saturated heterocycles. The van der Waals surface area contributed by atoms with Gasteiger partial charge in [0.2, 0.25) is 11.6 Å². The van der Waals surface area contributed by atoms with Gasteiger partial charge in [0.05, 0.1) is 11.5 Å². The van der Waals surface area contributed by atoms with Crippen molar-refractivity contribution in [3.05, 3.63) is 16.4 Å². The maximum absolute atomic E-state index is 12.0. The maximum atomic E-state index is 12.0. The molecule has 11 nitrogen and oxygen atoms in total. The molecule has 0 radical (unpaired) electrons. The Hall–Kier alpha value is -2.69. The molecule has 2 fully saturated rings. The Morgan fingerprint density at radius 2 is 1.90 bits per heavy atom. The van der Waals surface area contributed by atoms with E-state index in [0.717, 1.165) is 25.9 Å². The van der Waals surface area contributed by atoms with Gasteiger partial charge in [-0.15, -0.1) is 0 Å². The number of nitro groups is 1. The molecule has 0 bridgehead atoms. The van der Waals surface area contributed by atoms with Gasteiger partial charge in [-0.3, -0.25) is 10.1 Å². The van der Waals surface area contributed by atoms with Crippen molar-refractivity contribution in [2.45, 2.75) is 25.8 Å². The summed E-state index contributed by atoms with van der Waals surface area (Å²) in [5.41, 5.74) is -0.0708. The second-order valence-electron chi connectivity index (χ2n) is 7.44. The summed E-state index contributed by atoms with van der Waals surface area (Å²) < 4.78 is 5.03. The minimum Gasteiger partial charge on any atom is -0.450 e. The average Bonchev–Trinajstić information content (AvgIpc) is 2.73. The zero-order valence-corrected chi connectivity index (χ0v) is 17.3. The number of piperazine rings is 1. The standard InChI is InChI=1S/C18H29N7O4/c1-4-29-18(26)24-11-9-23(10-12-24)17-15(25(27)28)16(19-13-20-17)22(3)14-5-7-21(2)8-6-14/h13-14H,4-12H2,1-3H3. The summed E-state index contributed by atoms with van der Waals surface area (Å²) >= 11 is 0. The molecular weight excluding hydrogens is 378 g/mol. The molecule has 1 aromatic heterocycles. The van der Waals surface area contributed by atoms with Crippen LogP contribution in [0.3, 0.4) is 0 Å². The highest BCUT2D eigenvalue weighted by Crippen LogP contribution is 2.36. The minimum atomic E-state index is -0.395. The topological polar surface area (TPSA) is 108 Å². The molecule has 1 amide bonds. The van der Waals surface area contributed by atoms with E-state index in [4.69, 9.17) is 4.74 Å². The van der Waals surface area contributed by atoms with Crippen LogP contribution in [0.2, 0.25) is 0 Å². The van der Waals surface area contributed by atoms with Crippen molar-refractivity contribution in [2.75, 3.05) is 69.8 Å². The molecule has 0 unspecified atom stereocenters. The first-order valence-electron chi connectivity index (χ1n) is 9.99. The van der Waals surface area contributed by atoms with Crippen LogP contribution in [0, 0.1) is 10.1 Å². The third kappa shape index (κ3) is 4.66. The number of nitrogens with zero attached hydrogens (tertiary/aromatic N) is 7. The van der Waals surface area contributed by atoms with Gasteiger partial charge in [0, 0.05) is 39.3 Å². The van der Waals surface area contributed by atoms with Crippen LogP contribution in [0.1, 0.15) is 19.8 Å². The molecule has 2 aliphatic heterocycles. The normalized spacial score (nSPS) is 18.6. The van der Waals surface area contributed by atoms with E-state index in [1.807, 2.05) is 16.8 Å². The van der Waals surface area contributed by atoms with Gasteiger partial charge in [-0.1, -0.05) is 0 Å². The third-order valence-corrected chi connectivity index (χ3v) is 5.64. The Morgan fingerprint density at radius 1 is 1.24 bits per heavy atom. The summed E-state index contributed by atoms with van der Waals surface area (Å²) in [4.78, 5) is 39.6. The number of rotatable bonds is 5. The van der Waals surface area contributed by atoms with Crippen LogP contribution >= 0.6 is 0 Å². The Labute approximate surface area is 170 Å². The van der Waals surface area contributed by atoms with E-state index in [1.54, 1.807) is 11.8 Å². The number of ether oxygens (including phenoxy) is 1. The van der Waals surface area contributed by atoms with Crippen molar-refractivity contribution < 1.29 is 14.5 Å². The Balaban J connectivity index is 1.79. The van der Waals surface area contributed by atoms with Crippen LogP contribution in [-0.4, -0.2) is 96.8 Å². The van der Waals surface area contributed by atoms with Crippen LogP contribution in [0.4, 0.5) is 22.1 Å². The lowest BCUT2D eigenvalue weighted by Gasteiger charge is -2.36. The quantitative estimate of drug-likeness (QED) is 0.525. The van der Waals surface area contributed by atoms with E-state index >= 15 is 0 Å². The van der Waals surface area contributed by atoms with Crippen molar-refractivity contribution in [3.63, 3.8) is 0 Å². The van der Waals surface area contributed by atoms with Crippen LogP contribution in [-0.2, 0) is 4.74 Å². The highest BCUT2D eigenvalue weighted by Gasteiger charge is 2.34. The molecule has 2 aliphatic rings. The molecule has 0 saturated carbocycles. The van der Waals surface area contributed by atoms with Crippen LogP contribution in [0.15, 0.2) is 6.33 Å². The molecule has 1 aromatic rings. The fourth-order valence-corrected chi connectivity index (χ4v) is 3.88. The number of carbonyl (C=O) groups is 1. The second-order valence-corrected chi connectivity index (χ2v) is 7.44. The fourth-order valence-electron chi connectivity index (χ4n) is 3.88. The number of anilines is 2. The highest BCUT2D eigenvalue weighted by atomic mass is 16.6. The highest BCUT2D eigenvalue weighted by molar-refractivity contribution is 5.72. The first-order chi connectivity index (χ1) is 13.9. The lowest BCUT2D eigenvalue weighted by Crippen LogP contribution is -2.49. The minimum absolute atomic E-state index is 0.0708. The number of hydrogen-bond acceptors (Lipinski definition) is 9. The van der Waals surface area contributed by atoms with Gasteiger partial charge < -0.3 is 24.3 Å². The summed E-state index contributed by atoms with van der Waals surface area (Å²) in [5, 5.41) is 12.0.